The molecule has 7 nitrogen and oxygen atoms in total. The molecule has 0 bridgehead atoms. The summed E-state index contributed by atoms with van der Waals surface area (Å²) < 4.78 is 88.4. The highest BCUT2D eigenvalue weighted by Gasteiger charge is 2.58. The summed E-state index contributed by atoms with van der Waals surface area (Å²) in [6.45, 7) is 1.92. The van der Waals surface area contributed by atoms with Gasteiger partial charge in [-0.2, -0.15) is 26.3 Å². The smallest absolute Gasteiger partial charge is 0.455 e. The Bertz CT molecular complexity index is 1870. The highest BCUT2D eigenvalue weighted by atomic mass is 35.5. The number of phenolic OH excluding ortho intramolecular Hbond substituents is 1. The molecule has 2 aliphatic heterocycles. The first-order chi connectivity index (χ1) is 24.1. The standard InChI is InChI=1S/C36H32BClF6N2O5/c1-2-5-21-13-26-32(34(49)46(33(26)48)24-15-22(35(39,40)41)14-23(16-24)36(42,43)44)27-18-37(50)51-30(31(21)27)10-8-20(29-6-3-4-11-45-29)12-19-7-9-25(47)17-28(19)38/h3-4,6-7,9,11-12,14-17,26-27,30,32,47,50H,2,5,8,10,13,18H2,1H3/b20-12-/t26-,27+,30-,32-/m1/s1. The van der Waals surface area contributed by atoms with Gasteiger partial charge in [-0.1, -0.05) is 36.6 Å². The Morgan fingerprint density at radius 3 is 2.33 bits per heavy atom. The molecule has 0 spiro atoms. The number of alkyl halides is 6. The van der Waals surface area contributed by atoms with Gasteiger partial charge in [0.15, 0.2) is 0 Å². The Morgan fingerprint density at radius 2 is 1.73 bits per heavy atom. The van der Waals surface area contributed by atoms with Crippen molar-refractivity contribution in [1.82, 2.24) is 4.98 Å². The maximum atomic E-state index is 14.1. The molecule has 3 aliphatic rings. The number of allylic oxidation sites excluding steroid dienone is 2. The number of fused-ring (bicyclic) bond motifs is 3. The number of pyridine rings is 1. The van der Waals surface area contributed by atoms with Crippen molar-refractivity contribution in [3.8, 4) is 5.75 Å². The molecule has 3 aromatic rings. The number of nitrogens with zero attached hydrogens (tertiary/aromatic N) is 2. The first-order valence-electron chi connectivity index (χ1n) is 16.4. The molecule has 2 fully saturated rings. The molecular formula is C36H32BClF6N2O5. The number of hydrogen-bond donors (Lipinski definition) is 2. The lowest BCUT2D eigenvalue weighted by Gasteiger charge is -2.43. The number of phenols is 1. The molecule has 6 rings (SSSR count). The van der Waals surface area contributed by atoms with Gasteiger partial charge in [-0.05, 0) is 109 Å². The number of halogens is 7. The van der Waals surface area contributed by atoms with Crippen molar-refractivity contribution in [3.63, 3.8) is 0 Å². The molecule has 51 heavy (non-hydrogen) atoms. The monoisotopic (exact) mass is 732 g/mol. The number of carbonyl (C=O) groups excluding carboxylic acids is 2. The van der Waals surface area contributed by atoms with Gasteiger partial charge in [0, 0.05) is 6.20 Å². The van der Waals surface area contributed by atoms with Crippen LogP contribution in [0.15, 0.2) is 71.9 Å². The SMILES string of the molecule is CCCC1=C2[C@@H](CC/C(=C/c3ccc(O)cc3Cl)c3ccccn3)OB(O)C[C@@H]2[C@@H]2C(=O)N(c3cc(C(F)(F)F)cc(C(F)(F)F)c3)C(=O)[C@@H]2C1. The molecule has 0 unspecified atom stereocenters. The van der Waals surface area contributed by atoms with Gasteiger partial charge in [0.1, 0.15) is 5.75 Å². The summed E-state index contributed by atoms with van der Waals surface area (Å²) in [7, 11) is -1.36. The van der Waals surface area contributed by atoms with Gasteiger partial charge in [-0.25, -0.2) is 4.90 Å². The first-order valence-corrected chi connectivity index (χ1v) is 16.8. The minimum absolute atomic E-state index is 0.00878. The summed E-state index contributed by atoms with van der Waals surface area (Å²) in [5, 5.41) is 21.1. The molecule has 15 heteroatoms. The van der Waals surface area contributed by atoms with E-state index in [2.05, 4.69) is 4.98 Å². The Morgan fingerprint density at radius 1 is 1.02 bits per heavy atom. The summed E-state index contributed by atoms with van der Waals surface area (Å²) in [6.07, 6.45) is -5.87. The average molecular weight is 733 g/mol. The van der Waals surface area contributed by atoms with Crippen molar-refractivity contribution in [3.05, 3.63) is 99.3 Å². The van der Waals surface area contributed by atoms with Gasteiger partial charge >= 0.3 is 19.5 Å². The number of aromatic nitrogens is 1. The summed E-state index contributed by atoms with van der Waals surface area (Å²) in [5.74, 6) is -4.72. The van der Waals surface area contributed by atoms with E-state index in [0.29, 0.717) is 59.0 Å². The van der Waals surface area contributed by atoms with Gasteiger partial charge in [0.25, 0.3) is 0 Å². The highest BCUT2D eigenvalue weighted by Crippen LogP contribution is 2.53. The number of carbonyl (C=O) groups is 2. The fourth-order valence-corrected chi connectivity index (χ4v) is 7.79. The van der Waals surface area contributed by atoms with Crippen molar-refractivity contribution in [2.24, 2.45) is 17.8 Å². The van der Waals surface area contributed by atoms with Crippen LogP contribution >= 0.6 is 11.6 Å². The first kappa shape index (κ1) is 36.6. The quantitative estimate of drug-likeness (QED) is 0.104. The van der Waals surface area contributed by atoms with E-state index < -0.39 is 72.0 Å². The zero-order valence-corrected chi connectivity index (χ0v) is 27.9. The topological polar surface area (TPSA) is 100.0 Å². The van der Waals surface area contributed by atoms with Crippen LogP contribution in [0.25, 0.3) is 11.6 Å². The predicted molar refractivity (Wildman–Crippen MR) is 178 cm³/mol. The lowest BCUT2D eigenvalue weighted by molar-refractivity contribution is -0.143. The van der Waals surface area contributed by atoms with Crippen molar-refractivity contribution in [1.29, 1.82) is 0 Å². The molecule has 2 amide bonds. The Hall–Kier alpha value is -4.14. The number of aromatic hydroxyl groups is 1. The average Bonchev–Trinajstić information content (AvgIpc) is 3.32. The van der Waals surface area contributed by atoms with Gasteiger partial charge in [0.2, 0.25) is 11.8 Å². The molecule has 2 saturated heterocycles. The van der Waals surface area contributed by atoms with Crippen LogP contribution < -0.4 is 4.90 Å². The van der Waals surface area contributed by atoms with E-state index in [1.165, 1.54) is 12.1 Å². The third kappa shape index (κ3) is 7.45. The van der Waals surface area contributed by atoms with Gasteiger partial charge in [-0.3, -0.25) is 14.6 Å². The summed E-state index contributed by atoms with van der Waals surface area (Å²) >= 11 is 6.40. The van der Waals surface area contributed by atoms with Crippen molar-refractivity contribution < 1.29 is 50.7 Å². The molecule has 2 aromatic carbocycles. The summed E-state index contributed by atoms with van der Waals surface area (Å²) in [5.41, 5.74) is -0.557. The molecular weight excluding hydrogens is 701 g/mol. The number of benzene rings is 2. The van der Waals surface area contributed by atoms with Gasteiger partial charge in [0.05, 0.1) is 45.5 Å². The van der Waals surface area contributed by atoms with Crippen LogP contribution in [0.4, 0.5) is 32.0 Å². The van der Waals surface area contributed by atoms with Crippen LogP contribution in [-0.4, -0.2) is 40.2 Å². The van der Waals surface area contributed by atoms with E-state index in [9.17, 15) is 46.1 Å². The lowest BCUT2D eigenvalue weighted by atomic mass is 9.58. The van der Waals surface area contributed by atoms with E-state index in [0.717, 1.165) is 16.7 Å². The Labute approximate surface area is 294 Å². The zero-order valence-electron chi connectivity index (χ0n) is 27.1. The lowest BCUT2D eigenvalue weighted by Crippen LogP contribution is -2.46. The minimum atomic E-state index is -5.17. The maximum Gasteiger partial charge on any atom is 0.455 e. The fourth-order valence-electron chi connectivity index (χ4n) is 7.56. The van der Waals surface area contributed by atoms with Gasteiger partial charge < -0.3 is 14.8 Å². The van der Waals surface area contributed by atoms with E-state index >= 15 is 0 Å². The van der Waals surface area contributed by atoms with E-state index in [4.69, 9.17) is 16.3 Å². The van der Waals surface area contributed by atoms with E-state index in [1.54, 1.807) is 18.3 Å². The molecule has 1 aromatic heterocycles. The zero-order chi connectivity index (χ0) is 36.8. The number of imide groups is 1. The van der Waals surface area contributed by atoms with Crippen molar-refractivity contribution in [2.75, 3.05) is 4.90 Å². The second-order valence-corrected chi connectivity index (χ2v) is 13.4. The number of amides is 2. The summed E-state index contributed by atoms with van der Waals surface area (Å²) in [6, 6.07) is 10.6. The predicted octanol–water partition coefficient (Wildman–Crippen LogP) is 8.60. The highest BCUT2D eigenvalue weighted by molar-refractivity contribution is 6.43. The van der Waals surface area contributed by atoms with Crippen LogP contribution in [0.2, 0.25) is 11.3 Å². The molecule has 3 heterocycles. The molecule has 0 saturated carbocycles. The van der Waals surface area contributed by atoms with Crippen LogP contribution in [0.5, 0.6) is 5.75 Å². The Kier molecular flexibility index (Phi) is 10.1. The maximum absolute atomic E-state index is 14.1. The van der Waals surface area contributed by atoms with Crippen LogP contribution in [0.1, 0.15) is 61.4 Å². The number of anilines is 1. The second-order valence-electron chi connectivity index (χ2n) is 13.0. The number of rotatable bonds is 8. The third-order valence-corrected chi connectivity index (χ3v) is 10.0. The largest absolute Gasteiger partial charge is 0.508 e. The third-order valence-electron chi connectivity index (χ3n) is 9.67. The Balaban J connectivity index is 1.36. The molecule has 0 radical (unpaired) electrons. The van der Waals surface area contributed by atoms with Gasteiger partial charge in [-0.15, -0.1) is 0 Å². The van der Waals surface area contributed by atoms with Crippen molar-refractivity contribution >= 4 is 47.9 Å². The second kappa shape index (κ2) is 14.1. The van der Waals surface area contributed by atoms with Crippen LogP contribution in [0, 0.1) is 17.8 Å². The van der Waals surface area contributed by atoms with Crippen LogP contribution in [-0.2, 0) is 26.6 Å². The molecule has 1 aliphatic carbocycles. The summed E-state index contributed by atoms with van der Waals surface area (Å²) in [4.78, 5) is 32.8. The van der Waals surface area contributed by atoms with E-state index in [1.807, 2.05) is 25.1 Å². The molecule has 268 valence electrons. The van der Waals surface area contributed by atoms with E-state index in [-0.39, 0.29) is 24.6 Å². The molecule has 2 N–H and O–H groups in total. The number of hydrogen-bond acceptors (Lipinski definition) is 6. The molecule has 4 atom stereocenters. The normalized spacial score (nSPS) is 22.8. The fraction of sp³-hybridized carbons (Fsp3) is 0.361. The van der Waals surface area contributed by atoms with Crippen molar-refractivity contribution in [2.45, 2.75) is 63.8 Å². The minimum Gasteiger partial charge on any atom is -0.508 e. The van der Waals surface area contributed by atoms with Crippen LogP contribution in [0.3, 0.4) is 0 Å².